The van der Waals surface area contributed by atoms with Crippen LogP contribution in [0, 0.1) is 6.92 Å². The van der Waals surface area contributed by atoms with Crippen molar-refractivity contribution < 1.29 is 4.74 Å². The maximum Gasteiger partial charge on any atom is 0.138 e. The highest BCUT2D eigenvalue weighted by molar-refractivity contribution is 5.57. The summed E-state index contributed by atoms with van der Waals surface area (Å²) in [5.41, 5.74) is 0.998. The van der Waals surface area contributed by atoms with Crippen molar-refractivity contribution in [2.24, 2.45) is 0 Å². The van der Waals surface area contributed by atoms with E-state index in [4.69, 9.17) is 4.74 Å². The Bertz CT molecular complexity index is 427. The fourth-order valence-electron chi connectivity index (χ4n) is 1.79. The summed E-state index contributed by atoms with van der Waals surface area (Å²) in [6, 6.07) is 0. The van der Waals surface area contributed by atoms with Crippen LogP contribution in [0.2, 0.25) is 0 Å². The predicted molar refractivity (Wildman–Crippen MR) is 84.6 cm³/mol. The highest BCUT2D eigenvalue weighted by atomic mass is 16.5. The number of hydrogen-bond acceptors (Lipinski definition) is 5. The zero-order valence-electron chi connectivity index (χ0n) is 13.6. The molecule has 0 saturated carbocycles. The van der Waals surface area contributed by atoms with E-state index in [9.17, 15) is 0 Å². The molecule has 5 nitrogen and oxygen atoms in total. The Labute approximate surface area is 122 Å². The number of nitrogens with zero attached hydrogens (tertiary/aromatic N) is 2. The number of rotatable bonds is 7. The molecular weight excluding hydrogens is 252 g/mol. The summed E-state index contributed by atoms with van der Waals surface area (Å²) in [6.45, 7) is 13.0. The van der Waals surface area contributed by atoms with Gasteiger partial charge in [-0.25, -0.2) is 9.97 Å². The lowest BCUT2D eigenvalue weighted by atomic mass is 9.95. The van der Waals surface area contributed by atoms with Gasteiger partial charge in [-0.1, -0.05) is 20.8 Å². The average molecular weight is 280 g/mol. The molecule has 0 aliphatic rings. The van der Waals surface area contributed by atoms with E-state index in [0.717, 1.165) is 49.1 Å². The molecule has 1 aromatic rings. The molecule has 0 unspecified atom stereocenters. The highest BCUT2D eigenvalue weighted by Gasteiger charge is 2.20. The van der Waals surface area contributed by atoms with Crippen LogP contribution in [0.25, 0.3) is 0 Å². The summed E-state index contributed by atoms with van der Waals surface area (Å²) in [7, 11) is 1.72. The van der Waals surface area contributed by atoms with Gasteiger partial charge >= 0.3 is 0 Å². The minimum atomic E-state index is -0.0686. The number of methoxy groups -OCH3 is 1. The van der Waals surface area contributed by atoms with Crippen molar-refractivity contribution in [2.75, 3.05) is 37.4 Å². The molecule has 1 rings (SSSR count). The maximum absolute atomic E-state index is 5.07. The fraction of sp³-hybridized carbons (Fsp3) is 0.733. The van der Waals surface area contributed by atoms with Crippen LogP contribution in [0.1, 0.15) is 45.5 Å². The SMILES string of the molecule is CCNc1nc(C(C)(C)C)nc(NCCCOC)c1C. The zero-order chi connectivity index (χ0) is 15.2. The van der Waals surface area contributed by atoms with Crippen LogP contribution in [0.5, 0.6) is 0 Å². The Balaban J connectivity index is 2.98. The van der Waals surface area contributed by atoms with Crippen molar-refractivity contribution in [3.8, 4) is 0 Å². The molecule has 0 aromatic carbocycles. The largest absolute Gasteiger partial charge is 0.385 e. The molecule has 0 bridgehead atoms. The van der Waals surface area contributed by atoms with E-state index in [1.165, 1.54) is 0 Å². The molecule has 114 valence electrons. The second kappa shape index (κ2) is 7.43. The fourth-order valence-corrected chi connectivity index (χ4v) is 1.79. The lowest BCUT2D eigenvalue weighted by Crippen LogP contribution is -2.20. The van der Waals surface area contributed by atoms with Gasteiger partial charge in [0.15, 0.2) is 0 Å². The van der Waals surface area contributed by atoms with Crippen molar-refractivity contribution in [1.29, 1.82) is 0 Å². The van der Waals surface area contributed by atoms with Gasteiger partial charge in [-0.15, -0.1) is 0 Å². The van der Waals surface area contributed by atoms with Crippen LogP contribution in [0.15, 0.2) is 0 Å². The summed E-state index contributed by atoms with van der Waals surface area (Å²) in [5.74, 6) is 2.69. The molecule has 5 heteroatoms. The van der Waals surface area contributed by atoms with Gasteiger partial charge in [-0.05, 0) is 20.3 Å². The monoisotopic (exact) mass is 280 g/mol. The van der Waals surface area contributed by atoms with Crippen molar-refractivity contribution in [2.45, 2.75) is 46.5 Å². The molecular formula is C15H28N4O. The van der Waals surface area contributed by atoms with Gasteiger partial charge < -0.3 is 15.4 Å². The summed E-state index contributed by atoms with van der Waals surface area (Å²) in [4.78, 5) is 9.33. The number of nitrogens with one attached hydrogen (secondary N) is 2. The Hall–Kier alpha value is -1.36. The first-order valence-electron chi connectivity index (χ1n) is 7.26. The van der Waals surface area contributed by atoms with Crippen molar-refractivity contribution in [1.82, 2.24) is 9.97 Å². The molecule has 0 aliphatic heterocycles. The summed E-state index contributed by atoms with van der Waals surface area (Å²) in [5, 5.41) is 6.70. The third-order valence-corrected chi connectivity index (χ3v) is 2.98. The normalized spacial score (nSPS) is 11.5. The number of aromatic nitrogens is 2. The van der Waals surface area contributed by atoms with E-state index >= 15 is 0 Å². The van der Waals surface area contributed by atoms with Crippen LogP contribution in [-0.4, -0.2) is 36.8 Å². The molecule has 20 heavy (non-hydrogen) atoms. The lowest BCUT2D eigenvalue weighted by molar-refractivity contribution is 0.197. The van der Waals surface area contributed by atoms with Crippen LogP contribution in [-0.2, 0) is 10.2 Å². The van der Waals surface area contributed by atoms with Gasteiger partial charge in [-0.3, -0.25) is 0 Å². The zero-order valence-corrected chi connectivity index (χ0v) is 13.6. The van der Waals surface area contributed by atoms with E-state index < -0.39 is 0 Å². The third kappa shape index (κ3) is 4.63. The highest BCUT2D eigenvalue weighted by Crippen LogP contribution is 2.26. The van der Waals surface area contributed by atoms with Gasteiger partial charge in [-0.2, -0.15) is 0 Å². The molecule has 0 saturated heterocycles. The smallest absolute Gasteiger partial charge is 0.138 e. The Morgan fingerprint density at radius 3 is 2.20 bits per heavy atom. The number of anilines is 2. The van der Waals surface area contributed by atoms with Gasteiger partial charge in [0.1, 0.15) is 17.5 Å². The predicted octanol–water partition coefficient (Wildman–Crippen LogP) is 2.96. The second-order valence-corrected chi connectivity index (χ2v) is 5.92. The lowest BCUT2D eigenvalue weighted by Gasteiger charge is -2.21. The van der Waals surface area contributed by atoms with Gasteiger partial charge in [0, 0.05) is 37.8 Å². The van der Waals surface area contributed by atoms with Crippen LogP contribution >= 0.6 is 0 Å². The van der Waals surface area contributed by atoms with Crippen LogP contribution < -0.4 is 10.6 Å². The first kappa shape index (κ1) is 16.7. The standard InChI is InChI=1S/C15H28N4O/c1-7-16-12-11(2)13(17-9-8-10-20-6)19-14(18-12)15(3,4)5/h7-10H2,1-6H3,(H2,16,17,18,19). The third-order valence-electron chi connectivity index (χ3n) is 2.98. The second-order valence-electron chi connectivity index (χ2n) is 5.92. The van der Waals surface area contributed by atoms with Crippen molar-refractivity contribution >= 4 is 11.6 Å². The molecule has 0 spiro atoms. The topological polar surface area (TPSA) is 59.1 Å². The molecule has 1 aromatic heterocycles. The quantitative estimate of drug-likeness (QED) is 0.752. The molecule has 1 heterocycles. The van der Waals surface area contributed by atoms with Crippen LogP contribution in [0.3, 0.4) is 0 Å². The van der Waals surface area contributed by atoms with E-state index in [2.05, 4.69) is 48.3 Å². The maximum atomic E-state index is 5.07. The van der Waals surface area contributed by atoms with Crippen molar-refractivity contribution in [3.05, 3.63) is 11.4 Å². The molecule has 0 amide bonds. The molecule has 0 aliphatic carbocycles. The Morgan fingerprint density at radius 2 is 1.70 bits per heavy atom. The summed E-state index contributed by atoms with van der Waals surface area (Å²) < 4.78 is 5.07. The van der Waals surface area contributed by atoms with E-state index in [1.54, 1.807) is 7.11 Å². The molecule has 2 N–H and O–H groups in total. The van der Waals surface area contributed by atoms with Gasteiger partial charge in [0.25, 0.3) is 0 Å². The first-order valence-corrected chi connectivity index (χ1v) is 7.26. The van der Waals surface area contributed by atoms with E-state index in [-0.39, 0.29) is 5.41 Å². The van der Waals surface area contributed by atoms with Crippen LogP contribution in [0.4, 0.5) is 11.6 Å². The first-order chi connectivity index (χ1) is 9.40. The van der Waals surface area contributed by atoms with Gasteiger partial charge in [0.2, 0.25) is 0 Å². The minimum Gasteiger partial charge on any atom is -0.385 e. The Kier molecular flexibility index (Phi) is 6.20. The average Bonchev–Trinajstić information content (AvgIpc) is 2.37. The summed E-state index contributed by atoms with van der Waals surface area (Å²) >= 11 is 0. The number of ether oxygens (including phenoxy) is 1. The Morgan fingerprint density at radius 1 is 1.10 bits per heavy atom. The van der Waals surface area contributed by atoms with Crippen molar-refractivity contribution in [3.63, 3.8) is 0 Å². The minimum absolute atomic E-state index is 0.0686. The molecule has 0 radical (unpaired) electrons. The van der Waals surface area contributed by atoms with E-state index in [1.807, 2.05) is 6.92 Å². The van der Waals surface area contributed by atoms with E-state index in [0.29, 0.717) is 0 Å². The molecule has 0 fully saturated rings. The molecule has 0 atom stereocenters. The van der Waals surface area contributed by atoms with Gasteiger partial charge in [0.05, 0.1) is 0 Å². The summed E-state index contributed by atoms with van der Waals surface area (Å²) in [6.07, 6.45) is 0.960. The number of hydrogen-bond donors (Lipinski definition) is 2.